The van der Waals surface area contributed by atoms with Gasteiger partial charge in [0.2, 0.25) is 0 Å². The van der Waals surface area contributed by atoms with Gasteiger partial charge in [0.1, 0.15) is 11.9 Å². The van der Waals surface area contributed by atoms with E-state index < -0.39 is 23.5 Å². The Kier molecular flexibility index (Phi) is 6.53. The Balaban J connectivity index is 2.02. The largest absolute Gasteiger partial charge is 0.466 e. The van der Waals surface area contributed by atoms with E-state index in [-0.39, 0.29) is 5.78 Å². The average Bonchev–Trinajstić information content (AvgIpc) is 2.87. The second-order valence-electron chi connectivity index (χ2n) is 6.24. The zero-order valence-corrected chi connectivity index (χ0v) is 15.9. The maximum atomic E-state index is 12.3. The van der Waals surface area contributed by atoms with E-state index in [1.807, 2.05) is 6.92 Å². The van der Waals surface area contributed by atoms with Crippen LogP contribution >= 0.6 is 15.9 Å². The molecular formula is C19H21BrO5. The van der Waals surface area contributed by atoms with E-state index in [9.17, 15) is 14.4 Å². The molecule has 1 aromatic rings. The Labute approximate surface area is 155 Å². The maximum absolute atomic E-state index is 12.3. The summed E-state index contributed by atoms with van der Waals surface area (Å²) in [5.41, 5.74) is -0.277. The smallest absolute Gasteiger partial charge is 0.338 e. The van der Waals surface area contributed by atoms with E-state index in [1.54, 1.807) is 30.3 Å². The number of carbonyl (C=O) groups is 3. The molecule has 1 saturated carbocycles. The molecular weight excluding hydrogens is 388 g/mol. The summed E-state index contributed by atoms with van der Waals surface area (Å²) in [6.45, 7) is 1.83. The fourth-order valence-electron chi connectivity index (χ4n) is 2.95. The van der Waals surface area contributed by atoms with Crippen LogP contribution in [0, 0.1) is 5.41 Å². The van der Waals surface area contributed by atoms with Crippen molar-refractivity contribution >= 4 is 33.7 Å². The number of halogens is 1. The highest BCUT2D eigenvalue weighted by Gasteiger charge is 2.47. The van der Waals surface area contributed by atoms with Gasteiger partial charge in [0.25, 0.3) is 0 Å². The van der Waals surface area contributed by atoms with Crippen molar-refractivity contribution < 1.29 is 23.9 Å². The first-order valence-corrected chi connectivity index (χ1v) is 8.90. The van der Waals surface area contributed by atoms with Gasteiger partial charge in [-0.05, 0) is 50.5 Å². The zero-order valence-electron chi connectivity index (χ0n) is 14.3. The third-order valence-electron chi connectivity index (χ3n) is 4.60. The molecule has 0 aliphatic heterocycles. The number of ketones is 1. The first-order valence-electron chi connectivity index (χ1n) is 8.11. The van der Waals surface area contributed by atoms with Crippen LogP contribution in [0.5, 0.6) is 0 Å². The summed E-state index contributed by atoms with van der Waals surface area (Å²) < 4.78 is 11.0. The summed E-state index contributed by atoms with van der Waals surface area (Å²) in [5, 5.41) is 0. The van der Waals surface area contributed by atoms with Crippen LogP contribution in [0.4, 0.5) is 0 Å². The molecule has 0 spiro atoms. The number of Topliss-reactive ketones (excluding diaryl/α,β-unsaturated/α-hetero) is 1. The van der Waals surface area contributed by atoms with Crippen molar-refractivity contribution in [2.75, 3.05) is 7.11 Å². The van der Waals surface area contributed by atoms with Gasteiger partial charge in [-0.2, -0.15) is 0 Å². The van der Waals surface area contributed by atoms with Gasteiger partial charge in [-0.15, -0.1) is 0 Å². The number of methoxy groups -OCH3 is 1. The van der Waals surface area contributed by atoms with Crippen molar-refractivity contribution in [1.29, 1.82) is 0 Å². The van der Waals surface area contributed by atoms with Crippen LogP contribution in [-0.2, 0) is 19.1 Å². The van der Waals surface area contributed by atoms with Gasteiger partial charge in [0.05, 0.1) is 18.1 Å². The Hall–Kier alpha value is -1.95. The van der Waals surface area contributed by atoms with Crippen molar-refractivity contribution in [3.05, 3.63) is 46.5 Å². The van der Waals surface area contributed by atoms with E-state index in [1.165, 1.54) is 13.2 Å². The number of esters is 2. The van der Waals surface area contributed by atoms with Gasteiger partial charge in [0.15, 0.2) is 0 Å². The Morgan fingerprint density at radius 3 is 2.64 bits per heavy atom. The molecule has 1 fully saturated rings. The summed E-state index contributed by atoms with van der Waals surface area (Å²) in [6, 6.07) is 6.90. The van der Waals surface area contributed by atoms with Crippen LogP contribution < -0.4 is 0 Å². The van der Waals surface area contributed by atoms with Crippen LogP contribution in [0.1, 0.15) is 43.0 Å². The van der Waals surface area contributed by atoms with E-state index in [0.29, 0.717) is 31.2 Å². The third-order valence-corrected chi connectivity index (χ3v) is 5.12. The van der Waals surface area contributed by atoms with Crippen LogP contribution in [0.2, 0.25) is 0 Å². The summed E-state index contributed by atoms with van der Waals surface area (Å²) >= 11 is 3.32. The molecule has 0 saturated heterocycles. The summed E-state index contributed by atoms with van der Waals surface area (Å²) in [4.78, 5) is 35.8. The number of carbonyl (C=O) groups excluding carboxylic acids is 3. The number of ether oxygens (including phenoxy) is 2. The molecule has 0 aromatic heterocycles. The predicted molar refractivity (Wildman–Crippen MR) is 96.1 cm³/mol. The molecule has 134 valence electrons. The molecule has 5 nitrogen and oxygen atoms in total. The Morgan fingerprint density at radius 2 is 2.00 bits per heavy atom. The van der Waals surface area contributed by atoms with E-state index in [4.69, 9.17) is 4.74 Å². The minimum absolute atomic E-state index is 0.0903. The molecule has 6 heteroatoms. The van der Waals surface area contributed by atoms with Gasteiger partial charge in [-0.25, -0.2) is 9.59 Å². The lowest BCUT2D eigenvalue weighted by molar-refractivity contribution is -0.134. The zero-order chi connectivity index (χ0) is 18.4. The van der Waals surface area contributed by atoms with E-state index in [0.717, 1.165) is 4.47 Å². The third kappa shape index (κ3) is 4.78. The normalized spacial score (nSPS) is 23.0. The van der Waals surface area contributed by atoms with Crippen LogP contribution in [0.25, 0.3) is 0 Å². The number of hydrogen-bond donors (Lipinski definition) is 0. The van der Waals surface area contributed by atoms with E-state index >= 15 is 0 Å². The lowest BCUT2D eigenvalue weighted by Gasteiger charge is -2.29. The molecule has 1 aromatic carbocycles. The molecule has 1 aliphatic rings. The molecule has 2 atom stereocenters. The van der Waals surface area contributed by atoms with Crippen LogP contribution in [-0.4, -0.2) is 30.9 Å². The maximum Gasteiger partial charge on any atom is 0.338 e. The molecule has 0 amide bonds. The number of allylic oxidation sites excluding steroid dienone is 1. The predicted octanol–water partition coefficient (Wildman–Crippen LogP) is 3.85. The molecule has 0 unspecified atom stereocenters. The summed E-state index contributed by atoms with van der Waals surface area (Å²) in [6.07, 6.45) is 4.53. The highest BCUT2D eigenvalue weighted by molar-refractivity contribution is 9.10. The fraction of sp³-hybridized carbons (Fsp3) is 0.421. The first kappa shape index (κ1) is 19.4. The highest BCUT2D eigenvalue weighted by Crippen LogP contribution is 2.41. The van der Waals surface area contributed by atoms with Crippen LogP contribution in [0.3, 0.4) is 0 Å². The van der Waals surface area contributed by atoms with Crippen molar-refractivity contribution in [3.8, 4) is 0 Å². The molecule has 0 bridgehead atoms. The standard InChI is InChI=1S/C19H21BrO5/c1-19(12-4-3-5-17(22)24-2)15(21)10-11-16(19)25-18(23)13-6-8-14(20)9-7-13/h3,5-9,16H,4,10-12H2,1-2H3/b5-3+/t16-,19-/m0/s1. The Morgan fingerprint density at radius 1 is 1.32 bits per heavy atom. The van der Waals surface area contributed by atoms with Crippen LogP contribution in [0.15, 0.2) is 40.9 Å². The lowest BCUT2D eigenvalue weighted by Crippen LogP contribution is -2.36. The van der Waals surface area contributed by atoms with Gasteiger partial charge in [-0.3, -0.25) is 4.79 Å². The van der Waals surface area contributed by atoms with Crippen molar-refractivity contribution in [2.45, 2.75) is 38.7 Å². The lowest BCUT2D eigenvalue weighted by atomic mass is 9.80. The molecule has 25 heavy (non-hydrogen) atoms. The van der Waals surface area contributed by atoms with Gasteiger partial charge >= 0.3 is 11.9 Å². The number of benzene rings is 1. The van der Waals surface area contributed by atoms with Crippen molar-refractivity contribution in [1.82, 2.24) is 0 Å². The SMILES string of the molecule is COC(=O)/C=C/CC[C@@]1(C)C(=O)CC[C@@H]1OC(=O)c1ccc(Br)cc1. The minimum Gasteiger partial charge on any atom is -0.466 e. The molecule has 0 heterocycles. The highest BCUT2D eigenvalue weighted by atomic mass is 79.9. The summed E-state index contributed by atoms with van der Waals surface area (Å²) in [5.74, 6) is -0.766. The van der Waals surface area contributed by atoms with Gasteiger partial charge < -0.3 is 9.47 Å². The monoisotopic (exact) mass is 408 g/mol. The fourth-order valence-corrected chi connectivity index (χ4v) is 3.21. The quantitative estimate of drug-likeness (QED) is 0.527. The topological polar surface area (TPSA) is 69.7 Å². The average molecular weight is 409 g/mol. The number of rotatable bonds is 6. The minimum atomic E-state index is -0.731. The second-order valence-corrected chi connectivity index (χ2v) is 7.16. The molecule has 0 radical (unpaired) electrons. The first-order chi connectivity index (χ1) is 11.9. The summed E-state index contributed by atoms with van der Waals surface area (Å²) in [7, 11) is 1.31. The molecule has 2 rings (SSSR count). The van der Waals surface area contributed by atoms with Crippen molar-refractivity contribution in [2.24, 2.45) is 5.41 Å². The second kappa shape index (κ2) is 8.43. The van der Waals surface area contributed by atoms with Gasteiger partial charge in [0, 0.05) is 17.0 Å². The Bertz CT molecular complexity index is 680. The van der Waals surface area contributed by atoms with E-state index in [2.05, 4.69) is 20.7 Å². The van der Waals surface area contributed by atoms with Crippen molar-refractivity contribution in [3.63, 3.8) is 0 Å². The van der Waals surface area contributed by atoms with Gasteiger partial charge in [-0.1, -0.05) is 22.0 Å². The molecule has 0 N–H and O–H groups in total. The number of hydrogen-bond acceptors (Lipinski definition) is 5. The molecule has 1 aliphatic carbocycles.